The number of aliphatic hydroxyl groups excluding tert-OH is 1. The maximum Gasteiger partial charge on any atom is 0.242 e. The highest BCUT2D eigenvalue weighted by atomic mass is 32.2. The number of aliphatic hydroxyl groups is 1. The Hall–Kier alpha value is -0.850. The summed E-state index contributed by atoms with van der Waals surface area (Å²) in [6, 6.07) is 1.37. The standard InChI is InChI=1S/C12H22N2O3S/c1-3-4-5-6-10(2)14-18(16,17)12-7-11(9-15)13-8-12/h7-8,10,13-15H,3-6,9H2,1-2H3. The van der Waals surface area contributed by atoms with E-state index in [1.54, 1.807) is 0 Å². The van der Waals surface area contributed by atoms with Gasteiger partial charge in [-0.2, -0.15) is 0 Å². The van der Waals surface area contributed by atoms with E-state index in [0.717, 1.165) is 25.7 Å². The van der Waals surface area contributed by atoms with E-state index in [0.29, 0.717) is 5.69 Å². The fraction of sp³-hybridized carbons (Fsp3) is 0.667. The molecule has 0 aliphatic heterocycles. The molecule has 1 aromatic heterocycles. The minimum absolute atomic E-state index is 0.0750. The van der Waals surface area contributed by atoms with Gasteiger partial charge < -0.3 is 10.1 Å². The molecular weight excluding hydrogens is 252 g/mol. The van der Waals surface area contributed by atoms with E-state index in [4.69, 9.17) is 5.11 Å². The van der Waals surface area contributed by atoms with E-state index >= 15 is 0 Å². The van der Waals surface area contributed by atoms with E-state index in [2.05, 4.69) is 16.6 Å². The van der Waals surface area contributed by atoms with Crippen LogP contribution >= 0.6 is 0 Å². The van der Waals surface area contributed by atoms with Crippen LogP contribution in [0.5, 0.6) is 0 Å². The number of nitrogens with one attached hydrogen (secondary N) is 2. The van der Waals surface area contributed by atoms with E-state index in [-0.39, 0.29) is 17.5 Å². The first-order chi connectivity index (χ1) is 8.49. The third kappa shape index (κ3) is 4.44. The SMILES string of the molecule is CCCCCC(C)NS(=O)(=O)c1c[nH]c(CO)c1. The third-order valence-corrected chi connectivity index (χ3v) is 4.36. The molecule has 3 N–H and O–H groups in total. The fourth-order valence-corrected chi connectivity index (χ4v) is 3.05. The predicted molar refractivity (Wildman–Crippen MR) is 70.6 cm³/mol. The van der Waals surface area contributed by atoms with Crippen molar-refractivity contribution in [1.29, 1.82) is 0 Å². The lowest BCUT2D eigenvalue weighted by molar-refractivity contribution is 0.277. The van der Waals surface area contributed by atoms with Crippen LogP contribution in [0, 0.1) is 0 Å². The highest BCUT2D eigenvalue weighted by molar-refractivity contribution is 7.89. The quantitative estimate of drug-likeness (QED) is 0.632. The molecule has 18 heavy (non-hydrogen) atoms. The summed E-state index contributed by atoms with van der Waals surface area (Å²) in [4.78, 5) is 2.89. The zero-order valence-corrected chi connectivity index (χ0v) is 11.8. The Morgan fingerprint density at radius 1 is 1.44 bits per heavy atom. The van der Waals surface area contributed by atoms with Crippen molar-refractivity contribution < 1.29 is 13.5 Å². The zero-order valence-electron chi connectivity index (χ0n) is 10.9. The Balaban J connectivity index is 2.58. The zero-order chi connectivity index (χ0) is 13.6. The maximum absolute atomic E-state index is 12.0. The van der Waals surface area contributed by atoms with E-state index in [1.807, 2.05) is 6.92 Å². The first-order valence-corrected chi connectivity index (χ1v) is 7.78. The molecule has 0 spiro atoms. The first-order valence-electron chi connectivity index (χ1n) is 6.30. The number of hydrogen-bond donors (Lipinski definition) is 3. The molecule has 0 aliphatic carbocycles. The molecule has 1 aromatic rings. The van der Waals surface area contributed by atoms with Gasteiger partial charge in [0.2, 0.25) is 10.0 Å². The minimum atomic E-state index is -3.48. The summed E-state index contributed by atoms with van der Waals surface area (Å²) in [5, 5.41) is 8.90. The van der Waals surface area contributed by atoms with Crippen LogP contribution in [0.3, 0.4) is 0 Å². The second kappa shape index (κ2) is 6.92. The molecule has 0 fully saturated rings. The van der Waals surface area contributed by atoms with Crippen molar-refractivity contribution in [3.05, 3.63) is 18.0 Å². The molecule has 104 valence electrons. The van der Waals surface area contributed by atoms with Crippen LogP contribution in [0.15, 0.2) is 17.2 Å². The highest BCUT2D eigenvalue weighted by Crippen LogP contribution is 2.12. The largest absolute Gasteiger partial charge is 0.390 e. The molecule has 0 saturated heterocycles. The van der Waals surface area contributed by atoms with E-state index in [9.17, 15) is 8.42 Å². The molecule has 0 amide bonds. The molecule has 0 aliphatic rings. The topological polar surface area (TPSA) is 82.2 Å². The summed E-state index contributed by atoms with van der Waals surface area (Å²) in [6.45, 7) is 3.79. The number of rotatable bonds is 8. The summed E-state index contributed by atoms with van der Waals surface area (Å²) in [5.74, 6) is 0. The highest BCUT2D eigenvalue weighted by Gasteiger charge is 2.18. The van der Waals surface area contributed by atoms with Gasteiger partial charge in [-0.3, -0.25) is 0 Å². The molecule has 1 unspecified atom stereocenters. The van der Waals surface area contributed by atoms with Gasteiger partial charge in [0.05, 0.1) is 11.5 Å². The van der Waals surface area contributed by atoms with Gasteiger partial charge in [-0.15, -0.1) is 0 Å². The molecule has 1 atom stereocenters. The average Bonchev–Trinajstić information content (AvgIpc) is 2.78. The second-order valence-electron chi connectivity index (χ2n) is 4.54. The fourth-order valence-electron chi connectivity index (χ4n) is 1.76. The van der Waals surface area contributed by atoms with Gasteiger partial charge in [-0.25, -0.2) is 13.1 Å². The summed E-state index contributed by atoms with van der Waals surface area (Å²) >= 11 is 0. The summed E-state index contributed by atoms with van der Waals surface area (Å²) in [5.41, 5.74) is 0.494. The number of unbranched alkanes of at least 4 members (excludes halogenated alkanes) is 2. The smallest absolute Gasteiger partial charge is 0.242 e. The number of hydrogen-bond acceptors (Lipinski definition) is 3. The Labute approximate surface area is 109 Å². The molecule has 0 saturated carbocycles. The second-order valence-corrected chi connectivity index (χ2v) is 6.25. The Morgan fingerprint density at radius 3 is 2.72 bits per heavy atom. The van der Waals surface area contributed by atoms with Gasteiger partial charge in [0.15, 0.2) is 0 Å². The van der Waals surface area contributed by atoms with Crippen molar-refractivity contribution in [3.63, 3.8) is 0 Å². The molecule has 1 heterocycles. The van der Waals surface area contributed by atoms with Crippen LogP contribution < -0.4 is 4.72 Å². The summed E-state index contributed by atoms with van der Waals surface area (Å²) in [7, 11) is -3.48. The monoisotopic (exact) mass is 274 g/mol. The summed E-state index contributed by atoms with van der Waals surface area (Å²) < 4.78 is 26.6. The molecule has 0 radical (unpaired) electrons. The van der Waals surface area contributed by atoms with Gasteiger partial charge in [0.1, 0.15) is 0 Å². The van der Waals surface area contributed by atoms with Crippen LogP contribution in [0.4, 0.5) is 0 Å². The van der Waals surface area contributed by atoms with Crippen molar-refractivity contribution in [2.24, 2.45) is 0 Å². The average molecular weight is 274 g/mol. The molecule has 6 heteroatoms. The van der Waals surface area contributed by atoms with Crippen molar-refractivity contribution in [3.8, 4) is 0 Å². The Morgan fingerprint density at radius 2 is 2.17 bits per heavy atom. The molecule has 0 aromatic carbocycles. The van der Waals surface area contributed by atoms with Crippen LogP contribution in [0.25, 0.3) is 0 Å². The molecule has 5 nitrogen and oxygen atoms in total. The summed E-state index contributed by atoms with van der Waals surface area (Å²) in [6.07, 6.45) is 5.49. The van der Waals surface area contributed by atoms with Gasteiger partial charge in [-0.1, -0.05) is 26.2 Å². The number of H-pyrrole nitrogens is 1. The number of aromatic nitrogens is 1. The molecule has 0 bridgehead atoms. The van der Waals surface area contributed by atoms with Crippen LogP contribution in [-0.2, 0) is 16.6 Å². The normalized spacial score (nSPS) is 13.7. The third-order valence-electron chi connectivity index (χ3n) is 2.79. The van der Waals surface area contributed by atoms with E-state index < -0.39 is 10.0 Å². The van der Waals surface area contributed by atoms with Crippen LogP contribution in [-0.4, -0.2) is 24.6 Å². The lowest BCUT2D eigenvalue weighted by atomic mass is 10.1. The number of sulfonamides is 1. The lowest BCUT2D eigenvalue weighted by Crippen LogP contribution is -2.32. The first kappa shape index (κ1) is 15.2. The minimum Gasteiger partial charge on any atom is -0.390 e. The van der Waals surface area contributed by atoms with Gasteiger partial charge in [-0.05, 0) is 19.4 Å². The Kier molecular flexibility index (Phi) is 5.84. The van der Waals surface area contributed by atoms with E-state index in [1.165, 1.54) is 12.3 Å². The van der Waals surface area contributed by atoms with Crippen LogP contribution in [0.1, 0.15) is 45.2 Å². The van der Waals surface area contributed by atoms with Gasteiger partial charge in [0, 0.05) is 17.9 Å². The van der Waals surface area contributed by atoms with Crippen LogP contribution in [0.2, 0.25) is 0 Å². The van der Waals surface area contributed by atoms with Crippen molar-refractivity contribution in [1.82, 2.24) is 9.71 Å². The van der Waals surface area contributed by atoms with Crippen molar-refractivity contribution in [2.75, 3.05) is 0 Å². The van der Waals surface area contributed by atoms with Gasteiger partial charge in [0.25, 0.3) is 0 Å². The molecular formula is C12H22N2O3S. The lowest BCUT2D eigenvalue weighted by Gasteiger charge is -2.12. The Bertz CT molecular complexity index is 454. The van der Waals surface area contributed by atoms with Crippen molar-refractivity contribution >= 4 is 10.0 Å². The van der Waals surface area contributed by atoms with Gasteiger partial charge >= 0.3 is 0 Å². The maximum atomic E-state index is 12.0. The van der Waals surface area contributed by atoms with Crippen molar-refractivity contribution in [2.45, 2.75) is 57.1 Å². The number of aromatic amines is 1. The molecule has 1 rings (SSSR count). The predicted octanol–water partition coefficient (Wildman–Crippen LogP) is 1.75.